The Balaban J connectivity index is 2.77. The second-order valence-electron chi connectivity index (χ2n) is 4.27. The molecule has 0 aliphatic heterocycles. The van der Waals surface area contributed by atoms with Gasteiger partial charge < -0.3 is 10.5 Å². The van der Waals surface area contributed by atoms with Gasteiger partial charge >= 0.3 is 0 Å². The molecule has 0 bridgehead atoms. The molecule has 0 aliphatic rings. The summed E-state index contributed by atoms with van der Waals surface area (Å²) in [5, 5.41) is 0. The van der Waals surface area contributed by atoms with Crippen molar-refractivity contribution in [1.29, 1.82) is 0 Å². The minimum absolute atomic E-state index is 0.0709. The summed E-state index contributed by atoms with van der Waals surface area (Å²) in [5.74, 6) is 0.977. The largest absolute Gasteiger partial charge is 0.496 e. The van der Waals surface area contributed by atoms with E-state index in [1.807, 2.05) is 12.1 Å². The fraction of sp³-hybridized carbons (Fsp3) is 0.500. The van der Waals surface area contributed by atoms with Crippen LogP contribution in [0.15, 0.2) is 18.2 Å². The summed E-state index contributed by atoms with van der Waals surface area (Å²) in [5.41, 5.74) is 7.28. The average molecular weight is 305 g/mol. The van der Waals surface area contributed by atoms with Crippen molar-refractivity contribution < 1.29 is 17.4 Å². The van der Waals surface area contributed by atoms with E-state index in [4.69, 9.17) is 10.5 Å². The maximum atomic E-state index is 11.9. The van der Waals surface area contributed by atoms with E-state index in [1.165, 1.54) is 0 Å². The lowest BCUT2D eigenvalue weighted by molar-refractivity contribution is 0.411. The summed E-state index contributed by atoms with van der Waals surface area (Å²) >= 11 is 0. The molecule has 7 heteroatoms. The summed E-state index contributed by atoms with van der Waals surface area (Å²) in [6.45, 7) is 0.396. The number of hydrogen-bond acceptors (Lipinski definition) is 5. The second-order valence-corrected chi connectivity index (χ2v) is 8.10. The molecule has 0 fully saturated rings. The summed E-state index contributed by atoms with van der Waals surface area (Å²) in [7, 11) is -2.78. The van der Waals surface area contributed by atoms with E-state index in [1.54, 1.807) is 13.2 Å². The van der Waals surface area contributed by atoms with Crippen molar-refractivity contribution in [1.82, 2.24) is 0 Å². The van der Waals surface area contributed by atoms with Gasteiger partial charge in [-0.05, 0) is 17.7 Å². The average Bonchev–Trinajstić information content (AvgIpc) is 2.35. The van der Waals surface area contributed by atoms with E-state index < -0.39 is 20.6 Å². The van der Waals surface area contributed by atoms with Gasteiger partial charge in [-0.2, -0.15) is 0 Å². The molecule has 5 nitrogen and oxygen atoms in total. The van der Waals surface area contributed by atoms with Crippen LogP contribution in [0.3, 0.4) is 0 Å². The van der Waals surface area contributed by atoms with Crippen LogP contribution < -0.4 is 10.5 Å². The van der Waals surface area contributed by atoms with Gasteiger partial charge in [0.1, 0.15) is 15.6 Å². The molecular weight excluding hydrogens is 286 g/mol. The summed E-state index contributed by atoms with van der Waals surface area (Å²) < 4.78 is 39.2. The quantitative estimate of drug-likeness (QED) is 0.790. The lowest BCUT2D eigenvalue weighted by atomic mass is 10.1. The lowest BCUT2D eigenvalue weighted by Crippen LogP contribution is -2.13. The highest BCUT2D eigenvalue weighted by Gasteiger charge is 2.11. The van der Waals surface area contributed by atoms with E-state index >= 15 is 0 Å². The number of nitrogens with two attached hydrogens (primary N) is 1. The monoisotopic (exact) mass is 305 g/mol. The Morgan fingerprint density at radius 2 is 2.05 bits per heavy atom. The number of methoxy groups -OCH3 is 1. The fourth-order valence-corrected chi connectivity index (χ4v) is 4.23. The molecule has 19 heavy (non-hydrogen) atoms. The van der Waals surface area contributed by atoms with Crippen molar-refractivity contribution in [2.45, 2.75) is 12.3 Å². The number of rotatable bonds is 7. The van der Waals surface area contributed by atoms with E-state index in [0.29, 0.717) is 12.3 Å². The van der Waals surface area contributed by atoms with Gasteiger partial charge in [0.05, 0.1) is 18.6 Å². The topological polar surface area (TPSA) is 86.5 Å². The maximum Gasteiger partial charge on any atom is 0.148 e. The number of hydrogen-bond donors (Lipinski definition) is 1. The maximum absolute atomic E-state index is 11.9. The zero-order valence-electron chi connectivity index (χ0n) is 11.1. The lowest BCUT2D eigenvalue weighted by Gasteiger charge is -2.10. The minimum atomic E-state index is -3.08. The first-order valence-corrected chi connectivity index (χ1v) is 9.29. The third kappa shape index (κ3) is 5.71. The van der Waals surface area contributed by atoms with Crippen LogP contribution in [0.2, 0.25) is 0 Å². The number of benzene rings is 1. The zero-order valence-corrected chi connectivity index (χ0v) is 12.7. The molecule has 1 atom stereocenters. The number of sulfone groups is 1. The molecule has 1 aromatic rings. The first kappa shape index (κ1) is 16.1. The Morgan fingerprint density at radius 3 is 2.58 bits per heavy atom. The van der Waals surface area contributed by atoms with Gasteiger partial charge in [-0.1, -0.05) is 6.07 Å². The summed E-state index contributed by atoms with van der Waals surface area (Å²) in [6.07, 6.45) is 1.14. The van der Waals surface area contributed by atoms with Gasteiger partial charge in [-0.15, -0.1) is 0 Å². The van der Waals surface area contributed by atoms with Crippen molar-refractivity contribution in [3.05, 3.63) is 29.3 Å². The van der Waals surface area contributed by atoms with Gasteiger partial charge in [-0.25, -0.2) is 8.42 Å². The molecular formula is C12H19NO4S2. The highest BCUT2D eigenvalue weighted by molar-refractivity contribution is 7.92. The van der Waals surface area contributed by atoms with Gasteiger partial charge in [0.25, 0.3) is 0 Å². The van der Waals surface area contributed by atoms with Crippen LogP contribution >= 0.6 is 0 Å². The van der Waals surface area contributed by atoms with Crippen molar-refractivity contribution in [3.63, 3.8) is 0 Å². The molecule has 0 aliphatic carbocycles. The molecule has 0 radical (unpaired) electrons. The Hall–Kier alpha value is -0.920. The highest BCUT2D eigenvalue weighted by atomic mass is 32.2. The second kappa shape index (κ2) is 7.02. The fourth-order valence-electron chi connectivity index (χ4n) is 1.56. The standard InChI is InChI=1S/C12H19NO4S2/c1-17-12-4-3-10(8-13)7-11(12)9-18(14)5-6-19(2,15)16/h3-4,7H,5-6,8-9,13H2,1-2H3. The van der Waals surface area contributed by atoms with E-state index in [-0.39, 0.29) is 17.3 Å². The van der Waals surface area contributed by atoms with E-state index in [9.17, 15) is 12.6 Å². The Labute approximate surface area is 116 Å². The van der Waals surface area contributed by atoms with Gasteiger partial charge in [0.2, 0.25) is 0 Å². The Morgan fingerprint density at radius 1 is 1.37 bits per heavy atom. The zero-order chi connectivity index (χ0) is 14.5. The smallest absolute Gasteiger partial charge is 0.148 e. The summed E-state index contributed by atoms with van der Waals surface area (Å²) in [6, 6.07) is 5.48. The molecule has 108 valence electrons. The van der Waals surface area contributed by atoms with Crippen LogP contribution in [0, 0.1) is 0 Å². The Bertz CT molecular complexity index is 555. The molecule has 2 N–H and O–H groups in total. The predicted octanol–water partition coefficient (Wildman–Crippen LogP) is 0.447. The first-order chi connectivity index (χ1) is 8.85. The van der Waals surface area contributed by atoms with Gasteiger partial charge in [-0.3, -0.25) is 4.21 Å². The van der Waals surface area contributed by atoms with Crippen LogP contribution in [0.25, 0.3) is 0 Å². The molecule has 1 aromatic carbocycles. The van der Waals surface area contributed by atoms with Crippen molar-refractivity contribution in [3.8, 4) is 5.75 Å². The molecule has 1 rings (SSSR count). The minimum Gasteiger partial charge on any atom is -0.496 e. The number of ether oxygens (including phenoxy) is 1. The van der Waals surface area contributed by atoms with Crippen molar-refractivity contribution in [2.24, 2.45) is 5.73 Å². The normalized spacial score (nSPS) is 13.2. The van der Waals surface area contributed by atoms with Gasteiger partial charge in [0, 0.05) is 34.9 Å². The van der Waals surface area contributed by atoms with Crippen LogP contribution in [-0.4, -0.2) is 37.5 Å². The van der Waals surface area contributed by atoms with Gasteiger partial charge in [0.15, 0.2) is 0 Å². The highest BCUT2D eigenvalue weighted by Crippen LogP contribution is 2.21. The SMILES string of the molecule is COc1ccc(CN)cc1CS(=O)CCS(C)(=O)=O. The first-order valence-electron chi connectivity index (χ1n) is 5.74. The molecule has 1 unspecified atom stereocenters. The molecule has 0 heterocycles. The third-order valence-corrected chi connectivity index (χ3v) is 5.08. The molecule has 0 aromatic heterocycles. The molecule has 0 saturated heterocycles. The van der Waals surface area contributed by atoms with Crippen molar-refractivity contribution >= 4 is 20.6 Å². The summed E-state index contributed by atoms with van der Waals surface area (Å²) in [4.78, 5) is 0. The predicted molar refractivity (Wildman–Crippen MR) is 77.3 cm³/mol. The van der Waals surface area contributed by atoms with Crippen LogP contribution in [0.5, 0.6) is 5.75 Å². The van der Waals surface area contributed by atoms with E-state index in [2.05, 4.69) is 0 Å². The van der Waals surface area contributed by atoms with Crippen LogP contribution in [0.1, 0.15) is 11.1 Å². The van der Waals surface area contributed by atoms with Crippen LogP contribution in [-0.2, 0) is 32.9 Å². The molecule has 0 spiro atoms. The van der Waals surface area contributed by atoms with E-state index in [0.717, 1.165) is 17.4 Å². The Kier molecular flexibility index (Phi) is 5.96. The van der Waals surface area contributed by atoms with Crippen LogP contribution in [0.4, 0.5) is 0 Å². The third-order valence-electron chi connectivity index (χ3n) is 2.58. The molecule has 0 saturated carbocycles. The molecule has 0 amide bonds. The van der Waals surface area contributed by atoms with Crippen molar-refractivity contribution in [2.75, 3.05) is 24.9 Å².